The molecule has 2 unspecified atom stereocenters. The van der Waals surface area contributed by atoms with Crippen LogP contribution in [0.1, 0.15) is 19.8 Å². The molecule has 3 heterocycles. The molecule has 2 aromatic carbocycles. The molecule has 8 heteroatoms. The molecule has 32 heavy (non-hydrogen) atoms. The van der Waals surface area contributed by atoms with Crippen molar-refractivity contribution in [3.8, 4) is 0 Å². The molecule has 3 aliphatic heterocycles. The summed E-state index contributed by atoms with van der Waals surface area (Å²) in [6, 6.07) is 12.9. The van der Waals surface area contributed by atoms with Crippen LogP contribution in [0.5, 0.6) is 0 Å². The standard InChI is InChI=1S/C24H27N3O4S/c1-23-9-10-24(32-23)18(17(23)20(29)25-2)22(31)27(11-12-28)19(24)21(30)26-16-8-7-14-5-3-4-6-15(14)13-16/h3-8,13,17-19,28H,9-12H2,1-2H3,(H,25,29)(H,26,30)/t17-,18+,19?,23+,24?/m1/s1. The molecule has 0 aromatic heterocycles. The number of nitrogens with one attached hydrogen (secondary N) is 2. The van der Waals surface area contributed by atoms with Gasteiger partial charge in [0.2, 0.25) is 17.7 Å². The Bertz CT molecular complexity index is 1120. The zero-order valence-electron chi connectivity index (χ0n) is 18.1. The van der Waals surface area contributed by atoms with Crippen molar-refractivity contribution in [1.29, 1.82) is 0 Å². The van der Waals surface area contributed by atoms with E-state index in [4.69, 9.17) is 0 Å². The predicted octanol–water partition coefficient (Wildman–Crippen LogP) is 2.00. The Kier molecular flexibility index (Phi) is 4.98. The van der Waals surface area contributed by atoms with E-state index >= 15 is 0 Å². The minimum atomic E-state index is -0.736. The van der Waals surface area contributed by atoms with Crippen LogP contribution in [0.4, 0.5) is 5.69 Å². The average molecular weight is 454 g/mol. The number of carbonyl (C=O) groups is 3. The highest BCUT2D eigenvalue weighted by molar-refractivity contribution is 8.02. The summed E-state index contributed by atoms with van der Waals surface area (Å²) in [6.07, 6.45) is 1.46. The average Bonchev–Trinajstić information content (AvgIpc) is 3.34. The van der Waals surface area contributed by atoms with Crippen molar-refractivity contribution >= 4 is 45.9 Å². The number of fused-ring (bicyclic) bond motifs is 2. The smallest absolute Gasteiger partial charge is 0.248 e. The monoisotopic (exact) mass is 453 g/mol. The molecule has 2 bridgehead atoms. The van der Waals surface area contributed by atoms with Gasteiger partial charge in [-0.05, 0) is 42.7 Å². The Labute approximate surface area is 190 Å². The van der Waals surface area contributed by atoms with Gasteiger partial charge in [0.1, 0.15) is 6.04 Å². The van der Waals surface area contributed by atoms with E-state index in [1.165, 1.54) is 4.90 Å². The number of hydrogen-bond acceptors (Lipinski definition) is 5. The number of benzene rings is 2. The summed E-state index contributed by atoms with van der Waals surface area (Å²) in [5.74, 6) is -1.68. The zero-order chi connectivity index (χ0) is 22.7. The molecular formula is C24H27N3O4S. The molecule has 3 amide bonds. The quantitative estimate of drug-likeness (QED) is 0.643. The number of nitrogens with zero attached hydrogens (tertiary/aromatic N) is 1. The summed E-state index contributed by atoms with van der Waals surface area (Å²) in [4.78, 5) is 41.5. The normalized spacial score (nSPS) is 32.9. The number of carbonyl (C=O) groups excluding carboxylic acids is 3. The van der Waals surface area contributed by atoms with Crippen LogP contribution in [-0.4, -0.2) is 63.5 Å². The molecule has 3 aliphatic rings. The van der Waals surface area contributed by atoms with Crippen LogP contribution in [0.25, 0.3) is 10.8 Å². The van der Waals surface area contributed by atoms with Crippen molar-refractivity contribution in [2.24, 2.45) is 11.8 Å². The number of hydrogen-bond donors (Lipinski definition) is 3. The van der Waals surface area contributed by atoms with Crippen LogP contribution in [0, 0.1) is 11.8 Å². The molecule has 0 saturated carbocycles. The Balaban J connectivity index is 1.52. The van der Waals surface area contributed by atoms with Gasteiger partial charge in [0, 0.05) is 24.0 Å². The van der Waals surface area contributed by atoms with Crippen molar-refractivity contribution < 1.29 is 19.5 Å². The van der Waals surface area contributed by atoms with Crippen LogP contribution in [0.2, 0.25) is 0 Å². The first kappa shape index (κ1) is 21.3. The summed E-state index contributed by atoms with van der Waals surface area (Å²) >= 11 is 1.62. The molecule has 1 spiro atoms. The number of rotatable bonds is 5. The van der Waals surface area contributed by atoms with Gasteiger partial charge in [0.05, 0.1) is 23.2 Å². The van der Waals surface area contributed by atoms with Crippen LogP contribution < -0.4 is 10.6 Å². The lowest BCUT2D eigenvalue weighted by Gasteiger charge is -2.34. The van der Waals surface area contributed by atoms with Crippen LogP contribution >= 0.6 is 11.8 Å². The topological polar surface area (TPSA) is 98.7 Å². The molecular weight excluding hydrogens is 426 g/mol. The molecule has 2 aromatic rings. The number of β-amino-alcohol motifs (C(OH)–C–C–N with tert-alkyl or cyclic N) is 1. The zero-order valence-corrected chi connectivity index (χ0v) is 18.9. The number of amides is 3. The highest BCUT2D eigenvalue weighted by Crippen LogP contribution is 2.71. The maximum absolute atomic E-state index is 13.7. The van der Waals surface area contributed by atoms with Gasteiger partial charge >= 0.3 is 0 Å². The van der Waals surface area contributed by atoms with Gasteiger partial charge in [-0.25, -0.2) is 0 Å². The lowest BCUT2D eigenvalue weighted by Crippen LogP contribution is -2.52. The molecule has 5 atom stereocenters. The van der Waals surface area contributed by atoms with Crippen LogP contribution in [-0.2, 0) is 14.4 Å². The van der Waals surface area contributed by atoms with Gasteiger partial charge in [-0.3, -0.25) is 14.4 Å². The molecule has 3 N–H and O–H groups in total. The van der Waals surface area contributed by atoms with Crippen molar-refractivity contribution in [3.63, 3.8) is 0 Å². The maximum atomic E-state index is 13.7. The SMILES string of the molecule is CNC(=O)[C@H]1[C@H]2C(=O)N(CCO)C(C(=O)Nc3ccc4ccccc4c3)C23CC[C@]1(C)S3. The van der Waals surface area contributed by atoms with Gasteiger partial charge in [-0.15, -0.1) is 11.8 Å². The first-order valence-electron chi connectivity index (χ1n) is 11.0. The Hall–Kier alpha value is -2.58. The number of aliphatic hydroxyl groups excluding tert-OH is 1. The van der Waals surface area contributed by atoms with Gasteiger partial charge in [-0.1, -0.05) is 30.3 Å². The molecule has 3 fully saturated rings. The van der Waals surface area contributed by atoms with Gasteiger partial charge in [0.25, 0.3) is 0 Å². The van der Waals surface area contributed by atoms with Crippen molar-refractivity contribution in [2.45, 2.75) is 35.3 Å². The van der Waals surface area contributed by atoms with Gasteiger partial charge in [0.15, 0.2) is 0 Å². The van der Waals surface area contributed by atoms with E-state index in [1.807, 2.05) is 49.4 Å². The fraction of sp³-hybridized carbons (Fsp3) is 0.458. The fourth-order valence-electron chi connectivity index (χ4n) is 6.11. The minimum absolute atomic E-state index is 0.0740. The number of anilines is 1. The molecule has 7 nitrogen and oxygen atoms in total. The predicted molar refractivity (Wildman–Crippen MR) is 124 cm³/mol. The van der Waals surface area contributed by atoms with E-state index in [1.54, 1.807) is 18.8 Å². The third kappa shape index (κ3) is 2.89. The van der Waals surface area contributed by atoms with E-state index in [0.29, 0.717) is 12.1 Å². The van der Waals surface area contributed by atoms with Crippen LogP contribution in [0.3, 0.4) is 0 Å². The van der Waals surface area contributed by atoms with E-state index < -0.39 is 22.6 Å². The Morgan fingerprint density at radius 3 is 2.62 bits per heavy atom. The molecule has 0 aliphatic carbocycles. The van der Waals surface area contributed by atoms with E-state index in [-0.39, 0.29) is 35.6 Å². The summed E-state index contributed by atoms with van der Waals surface area (Å²) in [5, 5.41) is 17.5. The number of thioether (sulfide) groups is 1. The Morgan fingerprint density at radius 1 is 1.16 bits per heavy atom. The van der Waals surface area contributed by atoms with Crippen molar-refractivity contribution in [3.05, 3.63) is 42.5 Å². The fourth-order valence-corrected chi connectivity index (χ4v) is 8.46. The van der Waals surface area contributed by atoms with Crippen molar-refractivity contribution in [1.82, 2.24) is 10.2 Å². The highest BCUT2D eigenvalue weighted by Gasteiger charge is 2.76. The highest BCUT2D eigenvalue weighted by atomic mass is 32.2. The first-order valence-corrected chi connectivity index (χ1v) is 11.8. The van der Waals surface area contributed by atoms with E-state index in [2.05, 4.69) is 10.6 Å². The second kappa shape index (κ2) is 7.49. The first-order chi connectivity index (χ1) is 15.3. The lowest BCUT2D eigenvalue weighted by molar-refractivity contribution is -0.140. The lowest BCUT2D eigenvalue weighted by atomic mass is 9.66. The van der Waals surface area contributed by atoms with E-state index in [0.717, 1.165) is 17.2 Å². The summed E-state index contributed by atoms with van der Waals surface area (Å²) in [6.45, 7) is 1.87. The summed E-state index contributed by atoms with van der Waals surface area (Å²) in [7, 11) is 1.59. The number of likely N-dealkylation sites (tertiary alicyclic amines) is 1. The second-order valence-electron chi connectivity index (χ2n) is 9.15. The molecule has 168 valence electrons. The summed E-state index contributed by atoms with van der Waals surface area (Å²) in [5.41, 5.74) is 0.663. The minimum Gasteiger partial charge on any atom is -0.395 e. The summed E-state index contributed by atoms with van der Waals surface area (Å²) < 4.78 is -1.05. The molecule has 3 saturated heterocycles. The largest absolute Gasteiger partial charge is 0.395 e. The molecule has 0 radical (unpaired) electrons. The van der Waals surface area contributed by atoms with Gasteiger partial charge in [-0.2, -0.15) is 0 Å². The van der Waals surface area contributed by atoms with Crippen molar-refractivity contribution in [2.75, 3.05) is 25.5 Å². The number of aliphatic hydroxyl groups is 1. The Morgan fingerprint density at radius 2 is 1.91 bits per heavy atom. The maximum Gasteiger partial charge on any atom is 0.248 e. The third-order valence-electron chi connectivity index (χ3n) is 7.41. The third-order valence-corrected chi connectivity index (χ3v) is 9.40. The molecule has 5 rings (SSSR count). The van der Waals surface area contributed by atoms with Crippen LogP contribution in [0.15, 0.2) is 42.5 Å². The van der Waals surface area contributed by atoms with E-state index in [9.17, 15) is 19.5 Å². The second-order valence-corrected chi connectivity index (χ2v) is 11.0. The van der Waals surface area contributed by atoms with Gasteiger partial charge < -0.3 is 20.6 Å².